The molecule has 0 fully saturated rings. The fourth-order valence-electron chi connectivity index (χ4n) is 1.56. The lowest BCUT2D eigenvalue weighted by Gasteiger charge is -2.08. The SMILES string of the molecule is CC(=O)CNc1cc(NCc2ccc(Br)cc2)ncn1. The van der Waals surface area contributed by atoms with Gasteiger partial charge in [0.25, 0.3) is 0 Å². The number of nitrogens with zero attached hydrogens (tertiary/aromatic N) is 2. The fraction of sp³-hybridized carbons (Fsp3) is 0.214. The topological polar surface area (TPSA) is 66.9 Å². The summed E-state index contributed by atoms with van der Waals surface area (Å²) in [7, 11) is 0. The largest absolute Gasteiger partial charge is 0.366 e. The van der Waals surface area contributed by atoms with Crippen molar-refractivity contribution in [3.63, 3.8) is 0 Å². The van der Waals surface area contributed by atoms with Crippen LogP contribution in [0.3, 0.4) is 0 Å². The lowest BCUT2D eigenvalue weighted by atomic mass is 10.2. The molecule has 2 N–H and O–H groups in total. The number of rotatable bonds is 6. The average Bonchev–Trinajstić information content (AvgIpc) is 2.45. The highest BCUT2D eigenvalue weighted by Crippen LogP contribution is 2.13. The third kappa shape index (κ3) is 4.62. The monoisotopic (exact) mass is 334 g/mol. The van der Waals surface area contributed by atoms with Gasteiger partial charge in [0.05, 0.1) is 6.54 Å². The van der Waals surface area contributed by atoms with E-state index in [0.717, 1.165) is 10.0 Å². The Kier molecular flexibility index (Phi) is 5.06. The van der Waals surface area contributed by atoms with Gasteiger partial charge in [0.15, 0.2) is 0 Å². The molecule has 1 heterocycles. The first-order chi connectivity index (χ1) is 9.63. The molecular weight excluding hydrogens is 320 g/mol. The summed E-state index contributed by atoms with van der Waals surface area (Å²) < 4.78 is 1.05. The number of carbonyl (C=O) groups is 1. The van der Waals surface area contributed by atoms with Gasteiger partial charge < -0.3 is 10.6 Å². The molecule has 0 bridgehead atoms. The molecule has 5 nitrogen and oxygen atoms in total. The summed E-state index contributed by atoms with van der Waals surface area (Å²) in [5, 5.41) is 6.16. The molecule has 0 amide bonds. The summed E-state index contributed by atoms with van der Waals surface area (Å²) in [5.41, 5.74) is 1.16. The highest BCUT2D eigenvalue weighted by atomic mass is 79.9. The molecule has 20 heavy (non-hydrogen) atoms. The summed E-state index contributed by atoms with van der Waals surface area (Å²) in [6, 6.07) is 9.84. The van der Waals surface area contributed by atoms with Crippen LogP contribution < -0.4 is 10.6 Å². The summed E-state index contributed by atoms with van der Waals surface area (Å²) in [4.78, 5) is 19.1. The van der Waals surface area contributed by atoms with Crippen LogP contribution in [0.2, 0.25) is 0 Å². The van der Waals surface area contributed by atoms with Crippen LogP contribution in [-0.4, -0.2) is 22.3 Å². The Bertz CT molecular complexity index is 586. The van der Waals surface area contributed by atoms with Gasteiger partial charge in [-0.05, 0) is 24.6 Å². The Balaban J connectivity index is 1.94. The molecule has 6 heteroatoms. The van der Waals surface area contributed by atoms with E-state index < -0.39 is 0 Å². The summed E-state index contributed by atoms with van der Waals surface area (Å²) >= 11 is 3.40. The number of Topliss-reactive ketones (excluding diaryl/α,β-unsaturated/α-hetero) is 1. The fourth-order valence-corrected chi connectivity index (χ4v) is 1.82. The second kappa shape index (κ2) is 7.00. The summed E-state index contributed by atoms with van der Waals surface area (Å²) in [5.74, 6) is 1.41. The smallest absolute Gasteiger partial charge is 0.148 e. The maximum absolute atomic E-state index is 10.9. The predicted molar refractivity (Wildman–Crippen MR) is 82.7 cm³/mol. The van der Waals surface area contributed by atoms with E-state index in [0.29, 0.717) is 18.2 Å². The van der Waals surface area contributed by atoms with E-state index >= 15 is 0 Å². The Morgan fingerprint density at radius 3 is 2.45 bits per heavy atom. The van der Waals surface area contributed by atoms with Gasteiger partial charge in [0, 0.05) is 17.1 Å². The molecule has 2 aromatic rings. The molecular formula is C14H15BrN4O. The van der Waals surface area contributed by atoms with Crippen LogP contribution >= 0.6 is 15.9 Å². The Morgan fingerprint density at radius 1 is 1.15 bits per heavy atom. The maximum Gasteiger partial charge on any atom is 0.148 e. The molecule has 0 aliphatic rings. The number of halogens is 1. The summed E-state index contributed by atoms with van der Waals surface area (Å²) in [6.07, 6.45) is 1.46. The Hall–Kier alpha value is -1.95. The number of hydrogen-bond acceptors (Lipinski definition) is 5. The van der Waals surface area contributed by atoms with Crippen molar-refractivity contribution in [3.8, 4) is 0 Å². The van der Waals surface area contributed by atoms with E-state index in [1.807, 2.05) is 24.3 Å². The molecule has 0 radical (unpaired) electrons. The molecule has 1 aromatic carbocycles. The first kappa shape index (κ1) is 14.5. The van der Waals surface area contributed by atoms with E-state index in [4.69, 9.17) is 0 Å². The van der Waals surface area contributed by atoms with E-state index in [2.05, 4.69) is 36.5 Å². The summed E-state index contributed by atoms with van der Waals surface area (Å²) in [6.45, 7) is 2.47. The van der Waals surface area contributed by atoms with Crippen molar-refractivity contribution in [2.24, 2.45) is 0 Å². The van der Waals surface area contributed by atoms with Gasteiger partial charge in [-0.1, -0.05) is 28.1 Å². The lowest BCUT2D eigenvalue weighted by molar-refractivity contribution is -0.115. The van der Waals surface area contributed by atoms with Crippen molar-refractivity contribution < 1.29 is 4.79 Å². The van der Waals surface area contributed by atoms with Gasteiger partial charge in [0.2, 0.25) is 0 Å². The van der Waals surface area contributed by atoms with Crippen LogP contribution in [0, 0.1) is 0 Å². The molecule has 0 saturated carbocycles. The molecule has 0 unspecified atom stereocenters. The number of nitrogens with one attached hydrogen (secondary N) is 2. The van der Waals surface area contributed by atoms with Crippen molar-refractivity contribution in [1.82, 2.24) is 9.97 Å². The number of ketones is 1. The predicted octanol–water partition coefficient (Wildman–Crippen LogP) is 2.85. The second-order valence-electron chi connectivity index (χ2n) is 4.32. The average molecular weight is 335 g/mol. The molecule has 0 atom stereocenters. The van der Waals surface area contributed by atoms with Crippen molar-refractivity contribution in [3.05, 3.63) is 46.7 Å². The van der Waals surface area contributed by atoms with Gasteiger partial charge in [-0.25, -0.2) is 9.97 Å². The highest BCUT2D eigenvalue weighted by molar-refractivity contribution is 9.10. The van der Waals surface area contributed by atoms with Gasteiger partial charge in [-0.3, -0.25) is 4.79 Å². The zero-order valence-corrected chi connectivity index (χ0v) is 12.6. The van der Waals surface area contributed by atoms with Crippen molar-refractivity contribution in [2.45, 2.75) is 13.5 Å². The molecule has 2 rings (SSSR count). The molecule has 0 aliphatic heterocycles. The van der Waals surface area contributed by atoms with Gasteiger partial charge >= 0.3 is 0 Å². The molecule has 0 saturated heterocycles. The number of aromatic nitrogens is 2. The van der Waals surface area contributed by atoms with Gasteiger partial charge in [0.1, 0.15) is 23.7 Å². The van der Waals surface area contributed by atoms with Gasteiger partial charge in [-0.15, -0.1) is 0 Å². The first-order valence-corrected chi connectivity index (χ1v) is 6.96. The number of benzene rings is 1. The lowest BCUT2D eigenvalue weighted by Crippen LogP contribution is -2.11. The van der Waals surface area contributed by atoms with Crippen molar-refractivity contribution >= 4 is 33.3 Å². The van der Waals surface area contributed by atoms with Crippen LogP contribution in [0.4, 0.5) is 11.6 Å². The normalized spacial score (nSPS) is 10.1. The Labute approximate surface area is 126 Å². The minimum atomic E-state index is 0.0629. The third-order valence-electron chi connectivity index (χ3n) is 2.57. The quantitative estimate of drug-likeness (QED) is 0.850. The van der Waals surface area contributed by atoms with Gasteiger partial charge in [-0.2, -0.15) is 0 Å². The van der Waals surface area contributed by atoms with E-state index in [-0.39, 0.29) is 12.3 Å². The van der Waals surface area contributed by atoms with Crippen LogP contribution in [0.25, 0.3) is 0 Å². The van der Waals surface area contributed by atoms with Crippen LogP contribution in [0.5, 0.6) is 0 Å². The first-order valence-electron chi connectivity index (χ1n) is 6.17. The minimum Gasteiger partial charge on any atom is -0.366 e. The zero-order valence-electron chi connectivity index (χ0n) is 11.1. The Morgan fingerprint density at radius 2 is 1.80 bits per heavy atom. The second-order valence-corrected chi connectivity index (χ2v) is 5.24. The van der Waals surface area contributed by atoms with E-state index in [1.165, 1.54) is 13.3 Å². The van der Waals surface area contributed by atoms with Crippen LogP contribution in [0.1, 0.15) is 12.5 Å². The molecule has 1 aromatic heterocycles. The third-order valence-corrected chi connectivity index (χ3v) is 3.10. The van der Waals surface area contributed by atoms with E-state index in [9.17, 15) is 4.79 Å². The minimum absolute atomic E-state index is 0.0629. The standard InChI is InChI=1S/C14H15BrN4O/c1-10(20)7-16-13-6-14(19-9-18-13)17-8-11-2-4-12(15)5-3-11/h2-6,9H,7-8H2,1H3,(H2,16,17,18,19). The highest BCUT2D eigenvalue weighted by Gasteiger charge is 2.00. The molecule has 0 spiro atoms. The maximum atomic E-state index is 10.9. The van der Waals surface area contributed by atoms with Crippen molar-refractivity contribution in [1.29, 1.82) is 0 Å². The number of carbonyl (C=O) groups excluding carboxylic acids is 1. The van der Waals surface area contributed by atoms with Crippen LogP contribution in [-0.2, 0) is 11.3 Å². The number of hydrogen-bond donors (Lipinski definition) is 2. The molecule has 104 valence electrons. The van der Waals surface area contributed by atoms with E-state index in [1.54, 1.807) is 6.07 Å². The zero-order chi connectivity index (χ0) is 14.4. The van der Waals surface area contributed by atoms with Crippen LogP contribution in [0.15, 0.2) is 41.1 Å². The van der Waals surface area contributed by atoms with Crippen molar-refractivity contribution in [2.75, 3.05) is 17.2 Å². The molecule has 0 aliphatic carbocycles. The number of anilines is 2.